The molecule has 2 atom stereocenters. The molecular weight excluding hydrogens is 482 g/mol. The van der Waals surface area contributed by atoms with Crippen LogP contribution in [0.3, 0.4) is 0 Å². The topological polar surface area (TPSA) is 125 Å². The summed E-state index contributed by atoms with van der Waals surface area (Å²) in [4.78, 5) is 55.4. The van der Waals surface area contributed by atoms with Gasteiger partial charge in [0.15, 0.2) is 5.54 Å². The molecule has 0 bridgehead atoms. The number of amides is 5. The number of urea groups is 1. The molecule has 4 N–H and O–H groups in total. The first-order valence-electron chi connectivity index (χ1n) is 13.1. The molecule has 5 amide bonds. The maximum atomic E-state index is 13.7. The average molecular weight is 514 g/mol. The lowest BCUT2D eigenvalue weighted by Crippen LogP contribution is -2.47. The number of fused-ring (bicyclic) bond motifs is 2. The summed E-state index contributed by atoms with van der Waals surface area (Å²) < 4.78 is 0. The molecule has 0 radical (unpaired) electrons. The number of carbonyl (C=O) groups is 4. The summed E-state index contributed by atoms with van der Waals surface area (Å²) in [6.45, 7) is 2.13. The van der Waals surface area contributed by atoms with Crippen LogP contribution in [-0.4, -0.2) is 51.7 Å². The van der Waals surface area contributed by atoms with Crippen LogP contribution in [0.4, 0.5) is 10.5 Å². The van der Waals surface area contributed by atoms with E-state index in [0.29, 0.717) is 42.1 Å². The first-order chi connectivity index (χ1) is 18.2. The Morgan fingerprint density at radius 3 is 2.58 bits per heavy atom. The van der Waals surface area contributed by atoms with Gasteiger partial charge in [-0.25, -0.2) is 4.79 Å². The highest BCUT2D eigenvalue weighted by Crippen LogP contribution is 2.41. The lowest BCUT2D eigenvalue weighted by molar-refractivity contribution is -0.140. The zero-order valence-corrected chi connectivity index (χ0v) is 21.3. The van der Waals surface area contributed by atoms with Gasteiger partial charge in [-0.15, -0.1) is 0 Å². The van der Waals surface area contributed by atoms with Crippen molar-refractivity contribution in [3.63, 3.8) is 0 Å². The Labute approximate surface area is 221 Å². The van der Waals surface area contributed by atoms with E-state index in [4.69, 9.17) is 5.73 Å². The van der Waals surface area contributed by atoms with Crippen molar-refractivity contribution in [2.24, 2.45) is 11.7 Å². The summed E-state index contributed by atoms with van der Waals surface area (Å²) in [5.74, 6) is -0.542. The van der Waals surface area contributed by atoms with Crippen molar-refractivity contribution in [1.82, 2.24) is 15.1 Å². The van der Waals surface area contributed by atoms with E-state index in [1.54, 1.807) is 35.3 Å². The van der Waals surface area contributed by atoms with Crippen molar-refractivity contribution in [1.29, 1.82) is 0 Å². The summed E-state index contributed by atoms with van der Waals surface area (Å²) in [5, 5.41) is 5.65. The molecule has 1 saturated heterocycles. The molecule has 0 aromatic heterocycles. The first kappa shape index (κ1) is 24.4. The average Bonchev–Trinajstić information content (AvgIpc) is 3.84. The standard InChI is InChI=1S/C29H31N5O4/c1-18(20-7-8-20)33(16-19-5-3-2-4-6-19)24(35)17-34-26(37)29(32-27(34)38)12-11-21-15-22(9-10-23(21)29)31-25(36)28(30)13-14-28/h2-6,9-12,15,18,20H,7-8,13-14,16-17,30H2,1H3,(H,31,36)(H,32,38)/t18-,29-/m0/s1. The molecule has 4 aliphatic rings. The molecule has 1 aliphatic heterocycles. The molecule has 6 rings (SSSR count). The quantitative estimate of drug-likeness (QED) is 0.468. The van der Waals surface area contributed by atoms with Crippen LogP contribution in [0.15, 0.2) is 54.6 Å². The van der Waals surface area contributed by atoms with Gasteiger partial charge in [0, 0.05) is 18.3 Å². The molecule has 3 aliphatic carbocycles. The molecule has 2 saturated carbocycles. The van der Waals surface area contributed by atoms with Crippen LogP contribution in [0.1, 0.15) is 49.3 Å². The van der Waals surface area contributed by atoms with E-state index in [0.717, 1.165) is 23.3 Å². The number of nitrogens with two attached hydrogens (primary N) is 1. The van der Waals surface area contributed by atoms with E-state index in [9.17, 15) is 19.2 Å². The van der Waals surface area contributed by atoms with Crippen molar-refractivity contribution in [2.75, 3.05) is 11.9 Å². The third-order valence-corrected chi connectivity index (χ3v) is 8.23. The Balaban J connectivity index is 1.20. The third-order valence-electron chi connectivity index (χ3n) is 8.23. The third kappa shape index (κ3) is 4.16. The van der Waals surface area contributed by atoms with E-state index in [1.807, 2.05) is 37.3 Å². The van der Waals surface area contributed by atoms with Gasteiger partial charge in [0.1, 0.15) is 6.54 Å². The number of hydrogen-bond donors (Lipinski definition) is 3. The smallest absolute Gasteiger partial charge is 0.326 e. The number of anilines is 1. The minimum Gasteiger partial charge on any atom is -0.334 e. The zero-order chi connectivity index (χ0) is 26.7. The number of benzene rings is 2. The SMILES string of the molecule is C[C@@H](C1CC1)N(Cc1ccccc1)C(=O)CN1C(=O)N[C@]2(C=Cc3cc(NC(=O)C4(N)CC4)ccc32)C1=O. The van der Waals surface area contributed by atoms with Gasteiger partial charge in [0.2, 0.25) is 11.8 Å². The number of nitrogens with one attached hydrogen (secondary N) is 2. The van der Waals surface area contributed by atoms with Gasteiger partial charge in [-0.1, -0.05) is 42.5 Å². The van der Waals surface area contributed by atoms with Gasteiger partial charge in [0.05, 0.1) is 5.54 Å². The van der Waals surface area contributed by atoms with Crippen LogP contribution < -0.4 is 16.4 Å². The van der Waals surface area contributed by atoms with Crippen molar-refractivity contribution in [3.8, 4) is 0 Å². The molecule has 196 valence electrons. The van der Waals surface area contributed by atoms with Crippen molar-refractivity contribution < 1.29 is 19.2 Å². The number of rotatable bonds is 8. The Kier molecular flexibility index (Phi) is 5.64. The van der Waals surface area contributed by atoms with Gasteiger partial charge >= 0.3 is 6.03 Å². The molecule has 9 heteroatoms. The van der Waals surface area contributed by atoms with Crippen molar-refractivity contribution in [3.05, 3.63) is 71.3 Å². The number of hydrogen-bond acceptors (Lipinski definition) is 5. The lowest BCUT2D eigenvalue weighted by Gasteiger charge is -2.31. The van der Waals surface area contributed by atoms with Crippen LogP contribution in [0, 0.1) is 5.92 Å². The second kappa shape index (κ2) is 8.80. The Morgan fingerprint density at radius 2 is 1.89 bits per heavy atom. The Bertz CT molecular complexity index is 1360. The molecular formula is C29H31N5O4. The van der Waals surface area contributed by atoms with Crippen LogP contribution >= 0.6 is 0 Å². The summed E-state index contributed by atoms with van der Waals surface area (Å²) >= 11 is 0. The van der Waals surface area contributed by atoms with E-state index in [2.05, 4.69) is 10.6 Å². The molecule has 3 fully saturated rings. The van der Waals surface area contributed by atoms with Crippen molar-refractivity contribution >= 4 is 35.5 Å². The van der Waals surface area contributed by atoms with Gasteiger partial charge in [0.25, 0.3) is 5.91 Å². The molecule has 0 unspecified atom stereocenters. The highest BCUT2D eigenvalue weighted by atomic mass is 16.2. The molecule has 9 nitrogen and oxygen atoms in total. The molecule has 2 aromatic carbocycles. The van der Waals surface area contributed by atoms with Crippen molar-refractivity contribution in [2.45, 2.75) is 56.3 Å². The molecule has 2 aromatic rings. The van der Waals surface area contributed by atoms with Gasteiger partial charge in [-0.05, 0) is 73.4 Å². The Hall–Kier alpha value is -3.98. The van der Waals surface area contributed by atoms with E-state index in [1.165, 1.54) is 0 Å². The first-order valence-corrected chi connectivity index (χ1v) is 13.1. The second-order valence-electron chi connectivity index (χ2n) is 11.0. The molecule has 38 heavy (non-hydrogen) atoms. The largest absolute Gasteiger partial charge is 0.334 e. The highest BCUT2D eigenvalue weighted by Gasteiger charge is 2.54. The van der Waals surface area contributed by atoms with Crippen LogP contribution in [0.25, 0.3) is 6.08 Å². The van der Waals surface area contributed by atoms with Gasteiger partial charge < -0.3 is 21.3 Å². The predicted octanol–water partition coefficient (Wildman–Crippen LogP) is 2.72. The summed E-state index contributed by atoms with van der Waals surface area (Å²) in [6.07, 6.45) is 6.85. The van der Waals surface area contributed by atoms with Gasteiger partial charge in [-0.3, -0.25) is 19.3 Å². The summed E-state index contributed by atoms with van der Waals surface area (Å²) in [7, 11) is 0. The lowest BCUT2D eigenvalue weighted by atomic mass is 9.91. The van der Waals surface area contributed by atoms with Crippen LogP contribution in [-0.2, 0) is 26.5 Å². The number of imide groups is 1. The molecule has 1 heterocycles. The summed E-state index contributed by atoms with van der Waals surface area (Å²) in [5.41, 5.74) is 6.69. The van der Waals surface area contributed by atoms with Crippen LogP contribution in [0.5, 0.6) is 0 Å². The fourth-order valence-corrected chi connectivity index (χ4v) is 5.39. The second-order valence-corrected chi connectivity index (χ2v) is 11.0. The number of carbonyl (C=O) groups excluding carboxylic acids is 4. The maximum absolute atomic E-state index is 13.7. The number of nitrogens with zero attached hydrogens (tertiary/aromatic N) is 2. The Morgan fingerprint density at radius 1 is 1.16 bits per heavy atom. The maximum Gasteiger partial charge on any atom is 0.326 e. The van der Waals surface area contributed by atoms with Crippen LogP contribution in [0.2, 0.25) is 0 Å². The fourth-order valence-electron chi connectivity index (χ4n) is 5.39. The monoisotopic (exact) mass is 513 g/mol. The van der Waals surface area contributed by atoms with E-state index in [-0.39, 0.29) is 24.4 Å². The molecule has 1 spiro atoms. The zero-order valence-electron chi connectivity index (χ0n) is 21.3. The van der Waals surface area contributed by atoms with E-state index < -0.39 is 23.0 Å². The summed E-state index contributed by atoms with van der Waals surface area (Å²) in [6, 6.07) is 14.3. The van der Waals surface area contributed by atoms with Gasteiger partial charge in [-0.2, -0.15) is 0 Å². The highest BCUT2D eigenvalue weighted by molar-refractivity contribution is 6.12. The minimum atomic E-state index is -1.37. The predicted molar refractivity (Wildman–Crippen MR) is 141 cm³/mol. The fraction of sp³-hybridized carbons (Fsp3) is 0.379. The minimum absolute atomic E-state index is 0.0152. The van der Waals surface area contributed by atoms with E-state index >= 15 is 0 Å². The normalized spacial score (nSPS) is 23.3.